The van der Waals surface area contributed by atoms with Crippen LogP contribution in [0.5, 0.6) is 11.5 Å². The molecule has 3 heterocycles. The molecule has 0 atom stereocenters. The molecule has 5 nitrogen and oxygen atoms in total. The van der Waals surface area contributed by atoms with Crippen molar-refractivity contribution < 1.29 is 7.48 Å². The van der Waals surface area contributed by atoms with Crippen molar-refractivity contribution in [1.82, 2.24) is 9.55 Å². The molecular formula is C76H64N4O. The zero-order valence-electron chi connectivity index (χ0n) is 48.7. The Bertz CT molecular complexity index is 4350. The van der Waals surface area contributed by atoms with Crippen LogP contribution in [0.2, 0.25) is 0 Å². The second kappa shape index (κ2) is 19.4. The number of nitrogens with zero attached hydrogens (tertiary/aromatic N) is 4. The van der Waals surface area contributed by atoms with Crippen LogP contribution in [0.4, 0.5) is 22.7 Å². The topological polar surface area (TPSA) is 33.5 Å². The third kappa shape index (κ3) is 8.58. The van der Waals surface area contributed by atoms with E-state index in [9.17, 15) is 2.74 Å². The lowest BCUT2D eigenvalue weighted by atomic mass is 9.67. The van der Waals surface area contributed by atoms with E-state index in [0.29, 0.717) is 23.7 Å². The zero-order valence-corrected chi connectivity index (χ0v) is 46.7. The average molecular weight is 1050 g/mol. The second-order valence-electron chi connectivity index (χ2n) is 23.7. The lowest BCUT2D eigenvalue weighted by Crippen LogP contribution is -2.29. The number of aromatic nitrogens is 2. The normalized spacial score (nSPS) is 14.1. The predicted octanol–water partition coefficient (Wildman–Crippen LogP) is 19.8. The van der Waals surface area contributed by atoms with Crippen LogP contribution in [0.3, 0.4) is 0 Å². The molecule has 81 heavy (non-hydrogen) atoms. The number of para-hydroxylation sites is 3. The van der Waals surface area contributed by atoms with Gasteiger partial charge in [-0.25, -0.2) is 4.98 Å². The molecule has 394 valence electrons. The molecular weight excluding hydrogens is 985 g/mol. The van der Waals surface area contributed by atoms with Gasteiger partial charge in [-0.05, 0) is 140 Å². The minimum atomic E-state index is -1.66. The maximum Gasteiger partial charge on any atom is 0.137 e. The molecule has 2 aliphatic rings. The highest BCUT2D eigenvalue weighted by Gasteiger charge is 2.47. The van der Waals surface area contributed by atoms with Gasteiger partial charge in [0.15, 0.2) is 0 Å². The van der Waals surface area contributed by atoms with Gasteiger partial charge in [-0.3, -0.25) is 4.57 Å². The number of benzene rings is 10. The fourth-order valence-electron chi connectivity index (χ4n) is 12.9. The fourth-order valence-corrected chi connectivity index (χ4v) is 12.9. The van der Waals surface area contributed by atoms with Crippen molar-refractivity contribution in [2.45, 2.75) is 58.7 Å². The Morgan fingerprint density at radius 3 is 1.69 bits per heavy atom. The fraction of sp³-hybridized carbons (Fsp3) is 0.145. The van der Waals surface area contributed by atoms with Crippen molar-refractivity contribution in [2.75, 3.05) is 16.5 Å². The van der Waals surface area contributed by atoms with Crippen LogP contribution in [-0.2, 0) is 17.2 Å². The van der Waals surface area contributed by atoms with E-state index in [1.54, 1.807) is 0 Å². The van der Waals surface area contributed by atoms with Crippen LogP contribution in [-0.4, -0.2) is 16.2 Å². The van der Waals surface area contributed by atoms with E-state index in [2.05, 4.69) is 272 Å². The molecule has 0 spiro atoms. The Labute approximate surface area is 478 Å². The minimum Gasteiger partial charge on any atom is -0.457 e. The quantitative estimate of drug-likeness (QED) is 0.137. The Kier molecular flexibility index (Phi) is 11.4. The van der Waals surface area contributed by atoms with E-state index in [4.69, 9.17) is 9.72 Å². The first-order chi connectivity index (χ1) is 40.2. The Morgan fingerprint density at radius 2 is 1.05 bits per heavy atom. The highest BCUT2D eigenvalue weighted by atomic mass is 16.5. The first-order valence-corrected chi connectivity index (χ1v) is 28.2. The Hall–Kier alpha value is -9.45. The number of hydrogen-bond donors (Lipinski definition) is 0. The molecule has 1 aliphatic heterocycles. The SMILES string of the molecule is [2H]C([2H])(c1cc(-c2ccccc2)c(N2CN(c3cc(Oc4ccc5c6ccccc6n(-c6cc(C(C)(C)C)ccn6)c5c4)cc(C4(c5ccccc5)c5ccccc5-c5ccccc54)c3)c3ccccc32)c(-c2ccccc2)c1)C(C)(C)C. The van der Waals surface area contributed by atoms with Crippen LogP contribution in [0.1, 0.15) is 77.7 Å². The summed E-state index contributed by atoms with van der Waals surface area (Å²) in [6.45, 7) is 13.1. The number of anilines is 4. The molecule has 0 saturated carbocycles. The molecule has 12 aromatic rings. The Balaban J connectivity index is 1.00. The van der Waals surface area contributed by atoms with Gasteiger partial charge >= 0.3 is 0 Å². The van der Waals surface area contributed by atoms with Gasteiger partial charge in [0.2, 0.25) is 0 Å². The monoisotopic (exact) mass is 1050 g/mol. The lowest BCUT2D eigenvalue weighted by molar-refractivity contribution is 0.411. The number of ether oxygens (including phenoxy) is 1. The summed E-state index contributed by atoms with van der Waals surface area (Å²) < 4.78 is 29.1. The van der Waals surface area contributed by atoms with Gasteiger partial charge in [0.05, 0.1) is 33.5 Å². The molecule has 14 rings (SSSR count). The maximum atomic E-state index is 9.71. The predicted molar refractivity (Wildman–Crippen MR) is 337 cm³/mol. The van der Waals surface area contributed by atoms with Gasteiger partial charge in [-0.1, -0.05) is 211 Å². The van der Waals surface area contributed by atoms with Gasteiger partial charge in [-0.2, -0.15) is 0 Å². The molecule has 0 amide bonds. The molecule has 0 N–H and O–H groups in total. The third-order valence-electron chi connectivity index (χ3n) is 16.3. The highest BCUT2D eigenvalue weighted by molar-refractivity contribution is 6.09. The summed E-state index contributed by atoms with van der Waals surface area (Å²) in [6.07, 6.45) is 0.266. The van der Waals surface area contributed by atoms with E-state index < -0.39 is 17.2 Å². The van der Waals surface area contributed by atoms with E-state index >= 15 is 0 Å². The molecule has 2 aromatic heterocycles. The number of rotatable bonds is 10. The van der Waals surface area contributed by atoms with E-state index in [1.165, 1.54) is 27.8 Å². The van der Waals surface area contributed by atoms with Gasteiger partial charge in [-0.15, -0.1) is 0 Å². The largest absolute Gasteiger partial charge is 0.457 e. The van der Waals surface area contributed by atoms with Crippen LogP contribution >= 0.6 is 0 Å². The smallest absolute Gasteiger partial charge is 0.137 e. The molecule has 0 radical (unpaired) electrons. The van der Waals surface area contributed by atoms with Gasteiger partial charge < -0.3 is 14.5 Å². The second-order valence-corrected chi connectivity index (χ2v) is 23.7. The molecule has 0 unspecified atom stereocenters. The summed E-state index contributed by atoms with van der Waals surface area (Å²) in [5, 5.41) is 2.27. The Morgan fingerprint density at radius 1 is 0.481 bits per heavy atom. The van der Waals surface area contributed by atoms with E-state index in [0.717, 1.165) is 83.8 Å². The molecule has 10 aromatic carbocycles. The molecule has 0 fully saturated rings. The minimum absolute atomic E-state index is 0.0691. The zero-order chi connectivity index (χ0) is 56.8. The van der Waals surface area contributed by atoms with Crippen molar-refractivity contribution in [3.8, 4) is 50.7 Å². The van der Waals surface area contributed by atoms with E-state index in [1.807, 2.05) is 39.1 Å². The van der Waals surface area contributed by atoms with Crippen molar-refractivity contribution in [3.63, 3.8) is 0 Å². The first-order valence-electron chi connectivity index (χ1n) is 29.2. The van der Waals surface area contributed by atoms with Gasteiger partial charge in [0, 0.05) is 48.7 Å². The summed E-state index contributed by atoms with van der Waals surface area (Å²) in [5.74, 6) is 2.26. The number of pyridine rings is 1. The summed E-state index contributed by atoms with van der Waals surface area (Å²) in [5.41, 5.74) is 17.5. The summed E-state index contributed by atoms with van der Waals surface area (Å²) in [6, 6.07) is 88.9. The number of fused-ring (bicyclic) bond motifs is 7. The highest BCUT2D eigenvalue weighted by Crippen LogP contribution is 2.58. The first kappa shape index (κ1) is 47.5. The molecule has 0 bridgehead atoms. The van der Waals surface area contributed by atoms with Gasteiger partial charge in [0.1, 0.15) is 24.0 Å². The number of hydrogen-bond acceptors (Lipinski definition) is 4. The maximum absolute atomic E-state index is 9.71. The average Bonchev–Trinajstić information content (AvgIpc) is 2.35. The van der Waals surface area contributed by atoms with Crippen LogP contribution in [0.25, 0.3) is 61.0 Å². The standard InChI is InChI=1S/C76H64N4O/c1-74(2,3)49-51-42-64(52-24-10-7-11-25-52)73(65(43-51)53-26-12-8-13-27-53)79-50-78(69-36-22-23-37-70(69)79)57-44-56(76(54-28-14-9-15-29-54)66-33-19-16-30-60(66)61-31-17-20-34-67(61)76)45-59(47-57)81-58-38-39-63-62-32-18-21-35-68(62)80(71(63)48-58)72-46-55(40-41-77-72)75(4,5)6/h7-48H,49-50H2,1-6H3/i49D2. The summed E-state index contributed by atoms with van der Waals surface area (Å²) >= 11 is 0. The van der Waals surface area contributed by atoms with Crippen molar-refractivity contribution in [1.29, 1.82) is 0 Å². The molecule has 0 saturated heterocycles. The van der Waals surface area contributed by atoms with Crippen molar-refractivity contribution in [2.24, 2.45) is 5.41 Å². The summed E-state index contributed by atoms with van der Waals surface area (Å²) in [7, 11) is 0. The molecule has 5 heteroatoms. The van der Waals surface area contributed by atoms with Crippen molar-refractivity contribution in [3.05, 3.63) is 288 Å². The van der Waals surface area contributed by atoms with Crippen LogP contribution < -0.4 is 14.5 Å². The van der Waals surface area contributed by atoms with Crippen molar-refractivity contribution >= 4 is 44.6 Å². The van der Waals surface area contributed by atoms with Crippen LogP contribution in [0, 0.1) is 5.41 Å². The molecule has 1 aliphatic carbocycles. The third-order valence-corrected chi connectivity index (χ3v) is 16.3. The van der Waals surface area contributed by atoms with E-state index in [-0.39, 0.29) is 5.41 Å². The van der Waals surface area contributed by atoms with Crippen LogP contribution in [0.15, 0.2) is 255 Å². The summed E-state index contributed by atoms with van der Waals surface area (Å²) in [4.78, 5) is 9.87. The van der Waals surface area contributed by atoms with Gasteiger partial charge in [0.25, 0.3) is 0 Å². The lowest BCUT2D eigenvalue weighted by Gasteiger charge is -2.35.